The van der Waals surface area contributed by atoms with Crippen LogP contribution in [-0.2, 0) is 6.54 Å². The van der Waals surface area contributed by atoms with Gasteiger partial charge in [-0.2, -0.15) is 0 Å². The van der Waals surface area contributed by atoms with E-state index < -0.39 is 0 Å². The van der Waals surface area contributed by atoms with E-state index >= 15 is 0 Å². The topological polar surface area (TPSA) is 26.8 Å². The number of likely N-dealkylation sites (N-methyl/N-ethyl adjacent to an activating group) is 1. The Morgan fingerprint density at radius 2 is 1.75 bits per heavy atom. The zero-order chi connectivity index (χ0) is 20.4. The van der Waals surface area contributed by atoms with Gasteiger partial charge in [0.1, 0.15) is 5.82 Å². The molecular weight excluding hydrogens is 353 g/mol. The van der Waals surface area contributed by atoms with Crippen molar-refractivity contribution in [3.63, 3.8) is 0 Å². The molecule has 0 saturated carbocycles. The molecule has 0 bridgehead atoms. The van der Waals surface area contributed by atoms with Gasteiger partial charge < -0.3 is 9.80 Å². The maximum atomic E-state index is 14.3. The first-order valence-corrected chi connectivity index (χ1v) is 9.72. The molecule has 3 rings (SSSR count). The van der Waals surface area contributed by atoms with E-state index in [-0.39, 0.29) is 11.7 Å². The molecule has 0 spiro atoms. The molecule has 1 aliphatic heterocycles. The average molecular weight is 384 g/mol. The third-order valence-corrected chi connectivity index (χ3v) is 5.75. The molecule has 2 atom stereocenters. The third kappa shape index (κ3) is 4.26. The number of nitrogens with zero attached hydrogens (tertiary/aromatic N) is 3. The minimum absolute atomic E-state index is 0.0128. The van der Waals surface area contributed by atoms with Gasteiger partial charge in [-0.3, -0.25) is 9.69 Å². The van der Waals surface area contributed by atoms with Crippen molar-refractivity contribution in [2.45, 2.75) is 25.4 Å². The van der Waals surface area contributed by atoms with E-state index in [0.29, 0.717) is 24.1 Å². The number of amides is 1. The predicted octanol–water partition coefficient (Wildman–Crippen LogP) is 3.37. The number of carbonyl (C=O) groups is 1. The summed E-state index contributed by atoms with van der Waals surface area (Å²) in [7, 11) is 7.72. The second kappa shape index (κ2) is 8.41. The highest BCUT2D eigenvalue weighted by atomic mass is 19.1. The summed E-state index contributed by atoms with van der Waals surface area (Å²) >= 11 is 0. The molecular formula is C23H30FN3O. The number of hydrogen-bond acceptors (Lipinski definition) is 3. The zero-order valence-corrected chi connectivity index (χ0v) is 17.4. The minimum Gasteiger partial charge on any atom is -0.345 e. The Morgan fingerprint density at radius 1 is 1.07 bits per heavy atom. The van der Waals surface area contributed by atoms with Crippen LogP contribution in [0.5, 0.6) is 0 Å². The zero-order valence-electron chi connectivity index (χ0n) is 17.4. The van der Waals surface area contributed by atoms with Gasteiger partial charge >= 0.3 is 0 Å². The van der Waals surface area contributed by atoms with Crippen molar-refractivity contribution in [2.24, 2.45) is 0 Å². The standard InChI is InChI=1S/C23H30FN3O/c1-16-7-6-8-21(24)19(16)13-27-14-20(22(15-27)25(2)3)17-9-11-18(12-10-17)23(28)26(4)5/h6-12,20,22H,13-15H2,1-5H3/t20-,22+/m1/s1. The number of aryl methyl sites for hydroxylation is 1. The molecule has 4 nitrogen and oxygen atoms in total. The van der Waals surface area contributed by atoms with Crippen molar-refractivity contribution in [3.8, 4) is 0 Å². The molecule has 0 radical (unpaired) electrons. The van der Waals surface area contributed by atoms with Gasteiger partial charge in [-0.1, -0.05) is 24.3 Å². The normalized spacial score (nSPS) is 20.0. The van der Waals surface area contributed by atoms with Crippen LogP contribution >= 0.6 is 0 Å². The maximum absolute atomic E-state index is 14.3. The SMILES string of the molecule is Cc1cccc(F)c1CN1C[C@H](c2ccc(C(=O)N(C)C)cc2)[C@@H](N(C)C)C1. The summed E-state index contributed by atoms with van der Waals surface area (Å²) in [6.45, 7) is 4.36. The van der Waals surface area contributed by atoms with Crippen LogP contribution < -0.4 is 0 Å². The Balaban J connectivity index is 1.80. The van der Waals surface area contributed by atoms with Crippen molar-refractivity contribution in [2.75, 3.05) is 41.3 Å². The number of halogens is 1. The molecule has 2 aromatic rings. The van der Waals surface area contributed by atoms with Crippen LogP contribution in [0.1, 0.15) is 33.0 Å². The fourth-order valence-corrected chi connectivity index (χ4v) is 4.07. The molecule has 1 saturated heterocycles. The van der Waals surface area contributed by atoms with Crippen LogP contribution in [0.25, 0.3) is 0 Å². The molecule has 1 heterocycles. The van der Waals surface area contributed by atoms with Crippen LogP contribution in [0.4, 0.5) is 4.39 Å². The average Bonchev–Trinajstić information content (AvgIpc) is 3.08. The summed E-state index contributed by atoms with van der Waals surface area (Å²) in [6, 6.07) is 13.6. The quantitative estimate of drug-likeness (QED) is 0.792. The number of hydrogen-bond donors (Lipinski definition) is 0. The Morgan fingerprint density at radius 3 is 2.32 bits per heavy atom. The summed E-state index contributed by atoms with van der Waals surface area (Å²) in [4.78, 5) is 18.3. The molecule has 0 unspecified atom stereocenters. The van der Waals surface area contributed by atoms with Crippen LogP contribution in [0.2, 0.25) is 0 Å². The summed E-state index contributed by atoms with van der Waals surface area (Å²) in [5, 5.41) is 0. The lowest BCUT2D eigenvalue weighted by Gasteiger charge is -2.25. The Kier molecular flexibility index (Phi) is 6.16. The first kappa shape index (κ1) is 20.5. The number of carbonyl (C=O) groups excluding carboxylic acids is 1. The second-order valence-electron chi connectivity index (χ2n) is 8.19. The summed E-state index contributed by atoms with van der Waals surface area (Å²) in [6.07, 6.45) is 0. The summed E-state index contributed by atoms with van der Waals surface area (Å²) in [5.41, 5.74) is 3.71. The largest absolute Gasteiger partial charge is 0.345 e. The minimum atomic E-state index is -0.128. The van der Waals surface area contributed by atoms with Gasteiger partial charge in [0.2, 0.25) is 0 Å². The molecule has 1 amide bonds. The smallest absolute Gasteiger partial charge is 0.253 e. The molecule has 2 aromatic carbocycles. The molecule has 0 aromatic heterocycles. The lowest BCUT2D eigenvalue weighted by atomic mass is 9.93. The second-order valence-corrected chi connectivity index (χ2v) is 8.19. The van der Waals surface area contributed by atoms with E-state index in [0.717, 1.165) is 24.2 Å². The highest BCUT2D eigenvalue weighted by Crippen LogP contribution is 2.32. The molecule has 1 aliphatic rings. The summed E-state index contributed by atoms with van der Waals surface area (Å²) < 4.78 is 14.3. The Labute approximate surface area is 167 Å². The monoisotopic (exact) mass is 383 g/mol. The van der Waals surface area contributed by atoms with E-state index in [1.807, 2.05) is 25.1 Å². The first-order valence-electron chi connectivity index (χ1n) is 9.72. The van der Waals surface area contributed by atoms with Gasteiger partial charge in [-0.25, -0.2) is 4.39 Å². The van der Waals surface area contributed by atoms with E-state index in [1.54, 1.807) is 31.1 Å². The van der Waals surface area contributed by atoms with E-state index in [1.165, 1.54) is 5.56 Å². The molecule has 5 heteroatoms. The van der Waals surface area contributed by atoms with Gasteiger partial charge in [-0.05, 0) is 50.3 Å². The van der Waals surface area contributed by atoms with Gasteiger partial charge in [0.15, 0.2) is 0 Å². The van der Waals surface area contributed by atoms with Crippen LogP contribution in [0.3, 0.4) is 0 Å². The van der Waals surface area contributed by atoms with Crippen LogP contribution in [-0.4, -0.2) is 67.9 Å². The lowest BCUT2D eigenvalue weighted by Crippen LogP contribution is -2.34. The fourth-order valence-electron chi connectivity index (χ4n) is 4.07. The van der Waals surface area contributed by atoms with Crippen molar-refractivity contribution in [1.82, 2.24) is 14.7 Å². The van der Waals surface area contributed by atoms with Crippen molar-refractivity contribution >= 4 is 5.91 Å². The molecule has 28 heavy (non-hydrogen) atoms. The molecule has 1 fully saturated rings. The fraction of sp³-hybridized carbons (Fsp3) is 0.435. The van der Waals surface area contributed by atoms with Gasteiger partial charge in [-0.15, -0.1) is 0 Å². The first-order chi connectivity index (χ1) is 13.3. The molecule has 150 valence electrons. The Bertz CT molecular complexity index is 812. The molecule has 0 N–H and O–H groups in total. The molecule has 0 aliphatic carbocycles. The Hall–Kier alpha value is -2.24. The van der Waals surface area contributed by atoms with Crippen molar-refractivity contribution in [1.29, 1.82) is 0 Å². The van der Waals surface area contributed by atoms with Crippen molar-refractivity contribution in [3.05, 3.63) is 70.5 Å². The number of benzene rings is 2. The third-order valence-electron chi connectivity index (χ3n) is 5.75. The summed E-state index contributed by atoms with van der Waals surface area (Å²) in [5.74, 6) is 0.209. The highest BCUT2D eigenvalue weighted by molar-refractivity contribution is 5.93. The number of likely N-dealkylation sites (tertiary alicyclic amines) is 1. The van der Waals surface area contributed by atoms with Gasteiger partial charge in [0, 0.05) is 56.8 Å². The van der Waals surface area contributed by atoms with Crippen LogP contribution in [0.15, 0.2) is 42.5 Å². The number of rotatable bonds is 5. The van der Waals surface area contributed by atoms with E-state index in [2.05, 4.69) is 36.0 Å². The predicted molar refractivity (Wildman–Crippen MR) is 111 cm³/mol. The highest BCUT2D eigenvalue weighted by Gasteiger charge is 2.35. The maximum Gasteiger partial charge on any atom is 0.253 e. The lowest BCUT2D eigenvalue weighted by molar-refractivity contribution is 0.0827. The van der Waals surface area contributed by atoms with E-state index in [9.17, 15) is 9.18 Å². The van der Waals surface area contributed by atoms with Gasteiger partial charge in [0.25, 0.3) is 5.91 Å². The van der Waals surface area contributed by atoms with Crippen molar-refractivity contribution < 1.29 is 9.18 Å². The van der Waals surface area contributed by atoms with Crippen LogP contribution in [0, 0.1) is 12.7 Å². The van der Waals surface area contributed by atoms with E-state index in [4.69, 9.17) is 0 Å². The van der Waals surface area contributed by atoms with Gasteiger partial charge in [0.05, 0.1) is 0 Å².